The Morgan fingerprint density at radius 3 is 2.45 bits per heavy atom. The average molecular weight is 388 g/mol. The Morgan fingerprint density at radius 1 is 1.03 bits per heavy atom. The van der Waals surface area contributed by atoms with E-state index in [-0.39, 0.29) is 17.3 Å². The molecular weight excluding hydrogens is 368 g/mol. The minimum Gasteiger partial charge on any atom is -0.497 e. The van der Waals surface area contributed by atoms with Crippen molar-refractivity contribution in [3.05, 3.63) is 93.4 Å². The number of H-pyrrole nitrogens is 1. The van der Waals surface area contributed by atoms with Gasteiger partial charge in [-0.3, -0.25) is 14.4 Å². The van der Waals surface area contributed by atoms with Crippen LogP contribution < -0.4 is 15.6 Å². The summed E-state index contributed by atoms with van der Waals surface area (Å²) in [6, 6.07) is 17.9. The Labute approximate surface area is 167 Å². The molecular formula is C23H20N2O4. The molecule has 3 aromatic rings. The van der Waals surface area contributed by atoms with Crippen LogP contribution in [-0.4, -0.2) is 23.8 Å². The standard InChI is InChI=1S/C23H20N2O4/c1-29-17-9-7-14(8-10-17)15-11-20-18(21(26)12-15)13-19(23(28)25-20)22(27)24-16-5-3-2-4-6-16/h2-10,13,15H,11-12H2,1H3,(H,24,27)(H,25,28)/t15-/m1/s1. The predicted molar refractivity (Wildman–Crippen MR) is 110 cm³/mol. The van der Waals surface area contributed by atoms with Gasteiger partial charge in [-0.25, -0.2) is 0 Å². The normalized spacial score (nSPS) is 15.5. The lowest BCUT2D eigenvalue weighted by Crippen LogP contribution is -2.29. The molecule has 1 aromatic heterocycles. The molecule has 0 fully saturated rings. The molecule has 1 atom stereocenters. The highest BCUT2D eigenvalue weighted by molar-refractivity contribution is 6.06. The van der Waals surface area contributed by atoms with Crippen LogP contribution in [0.1, 0.15) is 44.3 Å². The topological polar surface area (TPSA) is 88.3 Å². The van der Waals surface area contributed by atoms with Crippen molar-refractivity contribution in [1.82, 2.24) is 4.98 Å². The molecule has 0 unspecified atom stereocenters. The maximum atomic E-state index is 12.8. The van der Waals surface area contributed by atoms with Crippen molar-refractivity contribution >= 4 is 17.4 Å². The van der Waals surface area contributed by atoms with Crippen molar-refractivity contribution in [2.24, 2.45) is 0 Å². The smallest absolute Gasteiger partial charge is 0.261 e. The lowest BCUT2D eigenvalue weighted by atomic mass is 9.81. The van der Waals surface area contributed by atoms with Gasteiger partial charge in [0.2, 0.25) is 0 Å². The number of benzene rings is 2. The number of carbonyl (C=O) groups is 2. The van der Waals surface area contributed by atoms with Crippen LogP contribution in [0, 0.1) is 0 Å². The second-order valence-electron chi connectivity index (χ2n) is 7.03. The number of amides is 1. The Bertz CT molecular complexity index is 1120. The Morgan fingerprint density at radius 2 is 1.76 bits per heavy atom. The number of para-hydroxylation sites is 1. The third-order valence-electron chi connectivity index (χ3n) is 5.17. The number of aromatic amines is 1. The fourth-order valence-electron chi connectivity index (χ4n) is 3.63. The number of anilines is 1. The summed E-state index contributed by atoms with van der Waals surface area (Å²) in [6.07, 6.45) is 0.855. The maximum Gasteiger partial charge on any atom is 0.261 e. The minimum atomic E-state index is -0.537. The minimum absolute atomic E-state index is 0.0273. The first-order valence-corrected chi connectivity index (χ1v) is 9.35. The van der Waals surface area contributed by atoms with Crippen LogP contribution in [0.25, 0.3) is 0 Å². The number of hydrogen-bond acceptors (Lipinski definition) is 4. The first kappa shape index (κ1) is 18.7. The van der Waals surface area contributed by atoms with Gasteiger partial charge in [0.05, 0.1) is 7.11 Å². The monoisotopic (exact) mass is 388 g/mol. The van der Waals surface area contributed by atoms with Gasteiger partial charge in [-0.2, -0.15) is 0 Å². The highest BCUT2D eigenvalue weighted by atomic mass is 16.5. The number of rotatable bonds is 4. The van der Waals surface area contributed by atoms with Crippen LogP contribution in [-0.2, 0) is 6.42 Å². The molecule has 146 valence electrons. The Balaban J connectivity index is 1.60. The fraction of sp³-hybridized carbons (Fsp3) is 0.174. The van der Waals surface area contributed by atoms with E-state index >= 15 is 0 Å². The third-order valence-corrected chi connectivity index (χ3v) is 5.17. The molecule has 2 aromatic carbocycles. The van der Waals surface area contributed by atoms with Crippen molar-refractivity contribution < 1.29 is 14.3 Å². The van der Waals surface area contributed by atoms with Crippen molar-refractivity contribution in [2.75, 3.05) is 12.4 Å². The zero-order chi connectivity index (χ0) is 20.4. The molecule has 0 aliphatic heterocycles. The maximum absolute atomic E-state index is 12.8. The van der Waals surface area contributed by atoms with Crippen molar-refractivity contribution in [1.29, 1.82) is 0 Å². The lowest BCUT2D eigenvalue weighted by molar-refractivity contribution is 0.0963. The number of ether oxygens (including phenoxy) is 1. The summed E-state index contributed by atoms with van der Waals surface area (Å²) in [4.78, 5) is 40.5. The number of pyridine rings is 1. The number of fused-ring (bicyclic) bond motifs is 1. The van der Waals surface area contributed by atoms with E-state index in [1.54, 1.807) is 31.4 Å². The lowest BCUT2D eigenvalue weighted by Gasteiger charge is -2.24. The van der Waals surface area contributed by atoms with Gasteiger partial charge in [-0.05, 0) is 48.2 Å². The molecule has 0 spiro atoms. The van der Waals surface area contributed by atoms with Gasteiger partial charge in [-0.15, -0.1) is 0 Å². The van der Waals surface area contributed by atoms with Crippen LogP contribution in [0.5, 0.6) is 5.75 Å². The van der Waals surface area contributed by atoms with Crippen molar-refractivity contribution in [3.8, 4) is 5.75 Å². The summed E-state index contributed by atoms with van der Waals surface area (Å²) in [6.45, 7) is 0. The fourth-order valence-corrected chi connectivity index (χ4v) is 3.63. The summed E-state index contributed by atoms with van der Waals surface area (Å²) < 4.78 is 5.18. The SMILES string of the molecule is COc1ccc([C@H]2CC(=O)c3cc(C(=O)Nc4ccccc4)c(=O)[nH]c3C2)cc1. The van der Waals surface area contributed by atoms with Crippen LogP contribution in [0.2, 0.25) is 0 Å². The zero-order valence-electron chi connectivity index (χ0n) is 15.9. The van der Waals surface area contributed by atoms with Crippen molar-refractivity contribution in [2.45, 2.75) is 18.8 Å². The number of nitrogens with one attached hydrogen (secondary N) is 2. The molecule has 0 saturated carbocycles. The first-order chi connectivity index (χ1) is 14.0. The molecule has 4 rings (SSSR count). The first-order valence-electron chi connectivity index (χ1n) is 9.35. The van der Waals surface area contributed by atoms with Crippen LogP contribution in [0.15, 0.2) is 65.5 Å². The van der Waals surface area contributed by atoms with Gasteiger partial charge in [0.15, 0.2) is 5.78 Å². The van der Waals surface area contributed by atoms with E-state index < -0.39 is 11.5 Å². The molecule has 2 N–H and O–H groups in total. The molecule has 29 heavy (non-hydrogen) atoms. The van der Waals surface area contributed by atoms with E-state index in [9.17, 15) is 14.4 Å². The van der Waals surface area contributed by atoms with Gasteiger partial charge in [-0.1, -0.05) is 30.3 Å². The summed E-state index contributed by atoms with van der Waals surface area (Å²) in [5, 5.41) is 2.68. The van der Waals surface area contributed by atoms with Gasteiger partial charge >= 0.3 is 0 Å². The van der Waals surface area contributed by atoms with Gasteiger partial charge in [0.1, 0.15) is 11.3 Å². The number of methoxy groups -OCH3 is 1. The number of ketones is 1. The van der Waals surface area contributed by atoms with E-state index in [4.69, 9.17) is 4.74 Å². The quantitative estimate of drug-likeness (QED) is 0.715. The highest BCUT2D eigenvalue weighted by Gasteiger charge is 2.29. The summed E-state index contributed by atoms with van der Waals surface area (Å²) in [7, 11) is 1.60. The summed E-state index contributed by atoms with van der Waals surface area (Å²) >= 11 is 0. The number of aromatic nitrogens is 1. The third kappa shape index (κ3) is 3.82. The second-order valence-corrected chi connectivity index (χ2v) is 7.03. The number of Topliss-reactive ketones (excluding diaryl/α,β-unsaturated/α-hetero) is 1. The van der Waals surface area contributed by atoms with Crippen LogP contribution in [0.3, 0.4) is 0 Å². The molecule has 1 heterocycles. The second kappa shape index (κ2) is 7.75. The van der Waals surface area contributed by atoms with E-state index in [2.05, 4.69) is 10.3 Å². The summed E-state index contributed by atoms with van der Waals surface area (Å²) in [5.74, 6) is 0.0988. The largest absolute Gasteiger partial charge is 0.497 e. The highest BCUT2D eigenvalue weighted by Crippen LogP contribution is 2.32. The molecule has 0 saturated heterocycles. The van der Waals surface area contributed by atoms with E-state index in [0.717, 1.165) is 11.3 Å². The van der Waals surface area contributed by atoms with Gasteiger partial charge in [0.25, 0.3) is 11.5 Å². The molecule has 0 bridgehead atoms. The van der Waals surface area contributed by atoms with Crippen LogP contribution >= 0.6 is 0 Å². The Kier molecular flexibility index (Phi) is 4.99. The van der Waals surface area contributed by atoms with Crippen molar-refractivity contribution in [3.63, 3.8) is 0 Å². The van der Waals surface area contributed by atoms with E-state index in [0.29, 0.717) is 29.8 Å². The van der Waals surface area contributed by atoms with Crippen LogP contribution in [0.4, 0.5) is 5.69 Å². The van der Waals surface area contributed by atoms with Gasteiger partial charge < -0.3 is 15.0 Å². The molecule has 6 nitrogen and oxygen atoms in total. The Hall–Kier alpha value is -3.67. The number of hydrogen-bond donors (Lipinski definition) is 2. The summed E-state index contributed by atoms with van der Waals surface area (Å²) in [5.41, 5.74) is 2.01. The van der Waals surface area contributed by atoms with E-state index in [1.165, 1.54) is 6.07 Å². The molecule has 6 heteroatoms. The predicted octanol–water partition coefficient (Wildman–Crippen LogP) is 3.55. The zero-order valence-corrected chi connectivity index (χ0v) is 15.9. The number of carbonyl (C=O) groups excluding carboxylic acids is 2. The molecule has 1 amide bonds. The molecule has 1 aliphatic carbocycles. The molecule has 0 radical (unpaired) electrons. The van der Waals surface area contributed by atoms with E-state index in [1.807, 2.05) is 30.3 Å². The average Bonchev–Trinajstić information content (AvgIpc) is 2.74. The van der Waals surface area contributed by atoms with Gasteiger partial charge in [0, 0.05) is 23.4 Å². The molecule has 1 aliphatic rings.